The van der Waals surface area contributed by atoms with Crippen molar-refractivity contribution in [3.63, 3.8) is 0 Å². The molecule has 0 saturated heterocycles. The van der Waals surface area contributed by atoms with Crippen LogP contribution in [0, 0.1) is 0 Å². The summed E-state index contributed by atoms with van der Waals surface area (Å²) < 4.78 is 0. The van der Waals surface area contributed by atoms with Gasteiger partial charge in [-0.25, -0.2) is 9.78 Å². The number of aromatic nitrogens is 1. The molecule has 1 heterocycles. The van der Waals surface area contributed by atoms with E-state index >= 15 is 0 Å². The number of primary amides is 1. The van der Waals surface area contributed by atoms with Crippen LogP contribution in [0.25, 0.3) is 0 Å². The van der Waals surface area contributed by atoms with E-state index in [0.717, 1.165) is 5.03 Å². The number of urea groups is 1. The van der Waals surface area contributed by atoms with Crippen LogP contribution in [-0.2, 0) is 0 Å². The number of hydrogen-bond acceptors (Lipinski definition) is 4. The van der Waals surface area contributed by atoms with Crippen molar-refractivity contribution in [2.24, 2.45) is 5.73 Å². The van der Waals surface area contributed by atoms with Gasteiger partial charge in [0.15, 0.2) is 0 Å². The molecular weight excluding hydrogens is 214 g/mol. The first kappa shape index (κ1) is 11.8. The van der Waals surface area contributed by atoms with Gasteiger partial charge in [0, 0.05) is 6.20 Å². The number of hydrogen-bond donors (Lipinski definition) is 3. The van der Waals surface area contributed by atoms with E-state index < -0.39 is 12.3 Å². The number of carbonyl (C=O) groups is 1. The van der Waals surface area contributed by atoms with E-state index in [9.17, 15) is 9.90 Å². The SMILES string of the molecule is CC(Sc1ccccn1)C(O)NC(N)=O. The van der Waals surface area contributed by atoms with Crippen LogP contribution in [0.5, 0.6) is 0 Å². The number of carbonyl (C=O) groups excluding carboxylic acids is 1. The van der Waals surface area contributed by atoms with Gasteiger partial charge in [-0.1, -0.05) is 17.8 Å². The second kappa shape index (κ2) is 5.57. The predicted octanol–water partition coefficient (Wildman–Crippen LogP) is 0.549. The van der Waals surface area contributed by atoms with Gasteiger partial charge in [0.25, 0.3) is 0 Å². The maximum Gasteiger partial charge on any atom is 0.314 e. The highest BCUT2D eigenvalue weighted by Gasteiger charge is 2.16. The Kier molecular flexibility index (Phi) is 4.38. The van der Waals surface area contributed by atoms with Crippen molar-refractivity contribution in [1.29, 1.82) is 0 Å². The smallest absolute Gasteiger partial charge is 0.314 e. The van der Waals surface area contributed by atoms with Crippen LogP contribution in [0.3, 0.4) is 0 Å². The summed E-state index contributed by atoms with van der Waals surface area (Å²) in [6.45, 7) is 1.78. The second-order valence-corrected chi connectivity index (χ2v) is 4.34. The van der Waals surface area contributed by atoms with Crippen LogP contribution >= 0.6 is 11.8 Å². The number of nitrogens with zero attached hydrogens (tertiary/aromatic N) is 1. The van der Waals surface area contributed by atoms with Crippen LogP contribution < -0.4 is 11.1 Å². The molecule has 5 nitrogen and oxygen atoms in total. The lowest BCUT2D eigenvalue weighted by Gasteiger charge is -2.17. The minimum Gasteiger partial charge on any atom is -0.372 e. The third-order valence-corrected chi connectivity index (χ3v) is 2.79. The fourth-order valence-corrected chi connectivity index (χ4v) is 1.79. The van der Waals surface area contributed by atoms with Crippen LogP contribution in [0.4, 0.5) is 4.79 Å². The Balaban J connectivity index is 2.48. The summed E-state index contributed by atoms with van der Waals surface area (Å²) >= 11 is 1.36. The first-order valence-corrected chi connectivity index (χ1v) is 5.29. The van der Waals surface area contributed by atoms with Gasteiger partial charge in [0.2, 0.25) is 0 Å². The lowest BCUT2D eigenvalue weighted by Crippen LogP contribution is -2.43. The normalized spacial score (nSPS) is 14.3. The average molecular weight is 227 g/mol. The van der Waals surface area contributed by atoms with E-state index in [1.165, 1.54) is 11.8 Å². The molecule has 0 bridgehead atoms. The van der Waals surface area contributed by atoms with Gasteiger partial charge in [-0.2, -0.15) is 0 Å². The van der Waals surface area contributed by atoms with Gasteiger partial charge >= 0.3 is 6.03 Å². The average Bonchev–Trinajstić information content (AvgIpc) is 2.18. The molecule has 1 aromatic heterocycles. The van der Waals surface area contributed by atoms with Crippen LogP contribution in [0.1, 0.15) is 6.92 Å². The highest BCUT2D eigenvalue weighted by atomic mass is 32.2. The van der Waals surface area contributed by atoms with Crippen molar-refractivity contribution in [3.05, 3.63) is 24.4 Å². The van der Waals surface area contributed by atoms with Crippen LogP contribution in [0.2, 0.25) is 0 Å². The monoisotopic (exact) mass is 227 g/mol. The Morgan fingerprint density at radius 3 is 2.93 bits per heavy atom. The lowest BCUT2D eigenvalue weighted by atomic mass is 10.4. The molecule has 0 spiro atoms. The zero-order valence-corrected chi connectivity index (χ0v) is 9.07. The number of aliphatic hydroxyl groups is 1. The van der Waals surface area contributed by atoms with Gasteiger partial charge in [-0.05, 0) is 19.1 Å². The summed E-state index contributed by atoms with van der Waals surface area (Å²) in [5.41, 5.74) is 4.89. The fourth-order valence-electron chi connectivity index (χ4n) is 0.935. The standard InChI is InChI=1S/C9H13N3O2S/c1-6(8(13)12-9(10)14)15-7-4-2-3-5-11-7/h2-6,8,13H,1H3,(H3,10,12,14). The molecule has 1 aromatic rings. The van der Waals surface area contributed by atoms with E-state index in [0.29, 0.717) is 0 Å². The maximum absolute atomic E-state index is 10.5. The number of aliphatic hydroxyl groups excluding tert-OH is 1. The molecular formula is C9H13N3O2S. The topological polar surface area (TPSA) is 88.2 Å². The molecule has 2 atom stereocenters. The number of rotatable bonds is 4. The molecule has 0 fully saturated rings. The predicted molar refractivity (Wildman–Crippen MR) is 58.3 cm³/mol. The van der Waals surface area contributed by atoms with Gasteiger partial charge < -0.3 is 16.2 Å². The molecule has 0 aliphatic heterocycles. The van der Waals surface area contributed by atoms with Crippen molar-refractivity contribution in [2.45, 2.75) is 23.4 Å². The molecule has 0 saturated carbocycles. The Morgan fingerprint density at radius 1 is 1.67 bits per heavy atom. The number of nitrogens with one attached hydrogen (secondary N) is 1. The van der Waals surface area contributed by atoms with Gasteiger partial charge in [-0.15, -0.1) is 0 Å². The summed E-state index contributed by atoms with van der Waals surface area (Å²) in [4.78, 5) is 14.6. The van der Waals surface area contributed by atoms with Gasteiger partial charge in [0.1, 0.15) is 6.23 Å². The van der Waals surface area contributed by atoms with Crippen LogP contribution in [0.15, 0.2) is 29.4 Å². The summed E-state index contributed by atoms with van der Waals surface area (Å²) in [6.07, 6.45) is 0.692. The molecule has 0 radical (unpaired) electrons. The Labute approximate surface area is 92.1 Å². The van der Waals surface area contributed by atoms with E-state index in [1.807, 2.05) is 18.2 Å². The zero-order chi connectivity index (χ0) is 11.3. The highest BCUT2D eigenvalue weighted by molar-refractivity contribution is 7.99. The van der Waals surface area contributed by atoms with E-state index in [1.54, 1.807) is 13.1 Å². The Hall–Kier alpha value is -1.27. The van der Waals surface area contributed by atoms with E-state index in [4.69, 9.17) is 5.73 Å². The maximum atomic E-state index is 10.5. The number of thioether (sulfide) groups is 1. The molecule has 1 rings (SSSR count). The van der Waals surface area contributed by atoms with Crippen molar-refractivity contribution >= 4 is 17.8 Å². The fraction of sp³-hybridized carbons (Fsp3) is 0.333. The molecule has 0 aromatic carbocycles. The largest absolute Gasteiger partial charge is 0.372 e. The van der Waals surface area contributed by atoms with E-state index in [2.05, 4.69) is 10.3 Å². The van der Waals surface area contributed by atoms with Crippen LogP contribution in [-0.4, -0.2) is 27.6 Å². The third-order valence-electron chi connectivity index (χ3n) is 1.68. The number of pyridine rings is 1. The lowest BCUT2D eigenvalue weighted by molar-refractivity contribution is 0.145. The quantitative estimate of drug-likeness (QED) is 0.517. The van der Waals surface area contributed by atoms with Gasteiger partial charge in [-0.3, -0.25) is 0 Å². The Morgan fingerprint density at radius 2 is 2.40 bits per heavy atom. The van der Waals surface area contributed by atoms with Crippen molar-refractivity contribution in [2.75, 3.05) is 0 Å². The number of amides is 2. The Bertz CT molecular complexity index is 320. The van der Waals surface area contributed by atoms with E-state index in [-0.39, 0.29) is 5.25 Å². The van der Waals surface area contributed by atoms with Crippen molar-refractivity contribution < 1.29 is 9.90 Å². The minimum absolute atomic E-state index is 0.215. The highest BCUT2D eigenvalue weighted by Crippen LogP contribution is 2.21. The molecule has 0 aliphatic carbocycles. The second-order valence-electron chi connectivity index (χ2n) is 2.94. The molecule has 82 valence electrons. The first-order valence-electron chi connectivity index (χ1n) is 4.41. The summed E-state index contributed by atoms with van der Waals surface area (Å²) in [5, 5.41) is 12.3. The molecule has 0 aliphatic rings. The summed E-state index contributed by atoms with van der Waals surface area (Å²) in [7, 11) is 0. The van der Waals surface area contributed by atoms with Crippen molar-refractivity contribution in [1.82, 2.24) is 10.3 Å². The number of nitrogens with two attached hydrogens (primary N) is 1. The summed E-state index contributed by atoms with van der Waals surface area (Å²) in [6, 6.07) is 4.76. The molecule has 15 heavy (non-hydrogen) atoms. The molecule has 4 N–H and O–H groups in total. The molecule has 2 unspecified atom stereocenters. The molecule has 6 heteroatoms. The van der Waals surface area contributed by atoms with Crippen molar-refractivity contribution in [3.8, 4) is 0 Å². The minimum atomic E-state index is -0.977. The zero-order valence-electron chi connectivity index (χ0n) is 8.25. The first-order chi connectivity index (χ1) is 7.09. The summed E-state index contributed by atoms with van der Waals surface area (Å²) in [5.74, 6) is 0. The van der Waals surface area contributed by atoms with Gasteiger partial charge in [0.05, 0.1) is 10.3 Å². The third kappa shape index (κ3) is 4.18. The molecule has 2 amide bonds.